The molecule has 0 radical (unpaired) electrons. The maximum Gasteiger partial charge on any atom is 0.148 e. The minimum atomic E-state index is 0.651. The third-order valence-electron chi connectivity index (χ3n) is 3.30. The SMILES string of the molecule is CCCc1nc(NN)c(C)c(Nc2cn(C)nc2CC)n1. The van der Waals surface area contributed by atoms with Crippen molar-refractivity contribution in [3.8, 4) is 0 Å². The first-order valence-electron chi connectivity index (χ1n) is 7.22. The van der Waals surface area contributed by atoms with Crippen LogP contribution < -0.4 is 16.6 Å². The van der Waals surface area contributed by atoms with Crippen LogP contribution in [0.25, 0.3) is 0 Å². The van der Waals surface area contributed by atoms with Crippen molar-refractivity contribution in [3.05, 3.63) is 23.3 Å². The number of nitrogens with one attached hydrogen (secondary N) is 2. The van der Waals surface area contributed by atoms with E-state index in [1.54, 1.807) is 4.68 Å². The molecule has 0 saturated carbocycles. The zero-order chi connectivity index (χ0) is 15.4. The van der Waals surface area contributed by atoms with Gasteiger partial charge in [-0.1, -0.05) is 13.8 Å². The van der Waals surface area contributed by atoms with Gasteiger partial charge in [-0.05, 0) is 19.8 Å². The Kier molecular flexibility index (Phi) is 4.74. The molecule has 0 aliphatic carbocycles. The third-order valence-corrected chi connectivity index (χ3v) is 3.30. The number of rotatable bonds is 6. The normalized spacial score (nSPS) is 10.7. The highest BCUT2D eigenvalue weighted by atomic mass is 15.3. The van der Waals surface area contributed by atoms with E-state index in [9.17, 15) is 0 Å². The van der Waals surface area contributed by atoms with Crippen molar-refractivity contribution >= 4 is 17.3 Å². The van der Waals surface area contributed by atoms with Crippen molar-refractivity contribution in [2.75, 3.05) is 10.7 Å². The van der Waals surface area contributed by atoms with E-state index >= 15 is 0 Å². The molecule has 4 N–H and O–H groups in total. The summed E-state index contributed by atoms with van der Waals surface area (Å²) in [6.45, 7) is 6.12. The monoisotopic (exact) mass is 289 g/mol. The lowest BCUT2D eigenvalue weighted by Crippen LogP contribution is -2.14. The molecule has 21 heavy (non-hydrogen) atoms. The summed E-state index contributed by atoms with van der Waals surface area (Å²) in [7, 11) is 1.91. The molecule has 0 unspecified atom stereocenters. The molecule has 0 aliphatic rings. The number of nitrogen functional groups attached to an aromatic ring is 1. The first kappa shape index (κ1) is 15.2. The minimum Gasteiger partial charge on any atom is -0.337 e. The zero-order valence-corrected chi connectivity index (χ0v) is 13.1. The van der Waals surface area contributed by atoms with Crippen molar-refractivity contribution in [1.29, 1.82) is 0 Å². The number of aryl methyl sites for hydroxylation is 3. The molecule has 2 heterocycles. The van der Waals surface area contributed by atoms with Gasteiger partial charge in [0.05, 0.1) is 11.4 Å². The molecule has 114 valence electrons. The first-order chi connectivity index (χ1) is 10.1. The van der Waals surface area contributed by atoms with Crippen LogP contribution in [0.5, 0.6) is 0 Å². The van der Waals surface area contributed by atoms with Gasteiger partial charge in [-0.3, -0.25) is 4.68 Å². The molecule has 0 bridgehead atoms. The summed E-state index contributed by atoms with van der Waals surface area (Å²) in [6, 6.07) is 0. The van der Waals surface area contributed by atoms with Crippen molar-refractivity contribution in [1.82, 2.24) is 19.7 Å². The highest BCUT2D eigenvalue weighted by Gasteiger charge is 2.13. The Bertz CT molecular complexity index is 618. The summed E-state index contributed by atoms with van der Waals surface area (Å²) in [5.41, 5.74) is 5.51. The maximum absolute atomic E-state index is 5.55. The van der Waals surface area contributed by atoms with Gasteiger partial charge in [0.1, 0.15) is 17.5 Å². The molecular weight excluding hydrogens is 266 g/mol. The van der Waals surface area contributed by atoms with Crippen LogP contribution in [-0.2, 0) is 19.9 Å². The molecule has 2 aromatic rings. The smallest absolute Gasteiger partial charge is 0.148 e. The number of nitrogens with two attached hydrogens (primary N) is 1. The maximum atomic E-state index is 5.55. The van der Waals surface area contributed by atoms with Crippen LogP contribution in [0.3, 0.4) is 0 Å². The van der Waals surface area contributed by atoms with Gasteiger partial charge in [0, 0.05) is 25.2 Å². The van der Waals surface area contributed by atoms with E-state index in [4.69, 9.17) is 5.84 Å². The van der Waals surface area contributed by atoms with Gasteiger partial charge >= 0.3 is 0 Å². The van der Waals surface area contributed by atoms with Crippen LogP contribution in [0.2, 0.25) is 0 Å². The molecule has 7 nitrogen and oxygen atoms in total. The lowest BCUT2D eigenvalue weighted by atomic mass is 10.2. The van der Waals surface area contributed by atoms with Crippen LogP contribution in [0, 0.1) is 6.92 Å². The predicted octanol–water partition coefficient (Wildman–Crippen LogP) is 2.06. The van der Waals surface area contributed by atoms with Gasteiger partial charge in [-0.2, -0.15) is 5.10 Å². The number of anilines is 3. The first-order valence-corrected chi connectivity index (χ1v) is 7.22. The minimum absolute atomic E-state index is 0.651. The Morgan fingerprint density at radius 3 is 2.57 bits per heavy atom. The topological polar surface area (TPSA) is 93.7 Å². The summed E-state index contributed by atoms with van der Waals surface area (Å²) >= 11 is 0. The number of nitrogens with zero attached hydrogens (tertiary/aromatic N) is 4. The second kappa shape index (κ2) is 6.53. The van der Waals surface area contributed by atoms with Gasteiger partial charge in [-0.15, -0.1) is 0 Å². The standard InChI is InChI=1S/C14H23N7/c1-5-7-12-17-13(9(3)14(18-12)19-15)16-11-8-21(4)20-10(11)6-2/h8H,5-7,15H2,1-4H3,(H2,16,17,18,19). The summed E-state index contributed by atoms with van der Waals surface area (Å²) in [5, 5.41) is 7.78. The highest BCUT2D eigenvalue weighted by Crippen LogP contribution is 2.25. The molecule has 0 amide bonds. The Hall–Kier alpha value is -2.15. The molecule has 0 spiro atoms. The van der Waals surface area contributed by atoms with E-state index in [1.807, 2.05) is 20.2 Å². The van der Waals surface area contributed by atoms with Crippen molar-refractivity contribution < 1.29 is 0 Å². The molecule has 2 rings (SSSR count). The van der Waals surface area contributed by atoms with Crippen molar-refractivity contribution in [3.63, 3.8) is 0 Å². The fourth-order valence-electron chi connectivity index (χ4n) is 2.19. The van der Waals surface area contributed by atoms with E-state index in [-0.39, 0.29) is 0 Å². The van der Waals surface area contributed by atoms with Gasteiger partial charge in [0.15, 0.2) is 0 Å². The molecule has 0 fully saturated rings. The average molecular weight is 289 g/mol. The van der Waals surface area contributed by atoms with Crippen LogP contribution in [0.4, 0.5) is 17.3 Å². The largest absolute Gasteiger partial charge is 0.337 e. The van der Waals surface area contributed by atoms with Crippen LogP contribution >= 0.6 is 0 Å². The molecule has 0 aliphatic heterocycles. The second-order valence-corrected chi connectivity index (χ2v) is 5.00. The number of hydrazine groups is 1. The lowest BCUT2D eigenvalue weighted by molar-refractivity contribution is 0.746. The summed E-state index contributed by atoms with van der Waals surface area (Å²) in [4.78, 5) is 9.02. The van der Waals surface area contributed by atoms with E-state index in [1.165, 1.54) is 0 Å². The molecule has 0 saturated heterocycles. The molecule has 0 atom stereocenters. The Balaban J connectivity index is 2.39. The van der Waals surface area contributed by atoms with Crippen LogP contribution in [0.1, 0.15) is 37.4 Å². The van der Waals surface area contributed by atoms with E-state index < -0.39 is 0 Å². The summed E-state index contributed by atoms with van der Waals surface area (Å²) in [6.07, 6.45) is 4.61. The van der Waals surface area contributed by atoms with Crippen LogP contribution in [0.15, 0.2) is 6.20 Å². The van der Waals surface area contributed by atoms with Gasteiger partial charge in [0.25, 0.3) is 0 Å². The molecule has 7 heteroatoms. The zero-order valence-electron chi connectivity index (χ0n) is 13.1. The summed E-state index contributed by atoms with van der Waals surface area (Å²) < 4.78 is 1.80. The fraction of sp³-hybridized carbons (Fsp3) is 0.500. The number of hydrogen-bond donors (Lipinski definition) is 3. The Morgan fingerprint density at radius 1 is 1.24 bits per heavy atom. The van der Waals surface area contributed by atoms with Gasteiger partial charge in [0.2, 0.25) is 0 Å². The summed E-state index contributed by atoms with van der Waals surface area (Å²) in [5.74, 6) is 7.75. The Morgan fingerprint density at radius 2 is 1.95 bits per heavy atom. The Labute approximate surface area is 124 Å². The molecule has 2 aromatic heterocycles. The third kappa shape index (κ3) is 3.30. The number of hydrogen-bond acceptors (Lipinski definition) is 6. The number of aromatic nitrogens is 4. The van der Waals surface area contributed by atoms with E-state index in [0.717, 1.165) is 47.8 Å². The average Bonchev–Trinajstić information content (AvgIpc) is 2.82. The van der Waals surface area contributed by atoms with Crippen LogP contribution in [-0.4, -0.2) is 19.7 Å². The molecular formula is C14H23N7. The predicted molar refractivity (Wildman–Crippen MR) is 84.4 cm³/mol. The van der Waals surface area contributed by atoms with Crippen molar-refractivity contribution in [2.24, 2.45) is 12.9 Å². The molecule has 0 aromatic carbocycles. The van der Waals surface area contributed by atoms with E-state index in [0.29, 0.717) is 5.82 Å². The quantitative estimate of drug-likeness (QED) is 0.557. The van der Waals surface area contributed by atoms with Gasteiger partial charge in [-0.25, -0.2) is 15.8 Å². The van der Waals surface area contributed by atoms with E-state index in [2.05, 4.69) is 39.7 Å². The second-order valence-electron chi connectivity index (χ2n) is 5.00. The van der Waals surface area contributed by atoms with Crippen molar-refractivity contribution in [2.45, 2.75) is 40.0 Å². The lowest BCUT2D eigenvalue weighted by Gasteiger charge is -2.13. The fourth-order valence-corrected chi connectivity index (χ4v) is 2.19. The highest BCUT2D eigenvalue weighted by molar-refractivity contribution is 5.65. The van der Waals surface area contributed by atoms with Gasteiger partial charge < -0.3 is 10.7 Å².